The number of carbonyl (C=O) groups excluding carboxylic acids is 3. The maximum Gasteiger partial charge on any atom is 0.350 e. The molecule has 1 aromatic heterocycles. The van der Waals surface area contributed by atoms with Crippen molar-refractivity contribution in [3.63, 3.8) is 0 Å². The summed E-state index contributed by atoms with van der Waals surface area (Å²) >= 11 is 12.8. The van der Waals surface area contributed by atoms with E-state index in [1.54, 1.807) is 49.4 Å². The van der Waals surface area contributed by atoms with Gasteiger partial charge in [0, 0.05) is 16.7 Å². The Bertz CT molecular complexity index is 1120. The predicted molar refractivity (Wildman–Crippen MR) is 118 cm³/mol. The Balaban J connectivity index is 1.68. The summed E-state index contributed by atoms with van der Waals surface area (Å²) in [6.07, 6.45) is -1.83. The average Bonchev–Trinajstić information content (AvgIpc) is 3.20. The number of fused-ring (bicyclic) bond motifs is 1. The highest BCUT2D eigenvalue weighted by Gasteiger charge is 2.28. The quantitative estimate of drug-likeness (QED) is 0.291. The first-order chi connectivity index (χ1) is 14.7. The number of hydrogen-bond donors (Lipinski definition) is 2. The van der Waals surface area contributed by atoms with Crippen LogP contribution < -0.4 is 10.9 Å². The van der Waals surface area contributed by atoms with E-state index in [1.165, 1.54) is 12.1 Å². The molecule has 0 fully saturated rings. The summed E-state index contributed by atoms with van der Waals surface area (Å²) < 4.78 is 18.6. The molecule has 162 valence electrons. The molecule has 6 nitrogen and oxygen atoms in total. The molecule has 2 N–H and O–H groups in total. The van der Waals surface area contributed by atoms with Gasteiger partial charge in [0.05, 0.1) is 0 Å². The van der Waals surface area contributed by atoms with Crippen molar-refractivity contribution in [3.8, 4) is 0 Å². The van der Waals surface area contributed by atoms with Crippen molar-refractivity contribution in [3.05, 3.63) is 70.6 Å². The molecule has 0 spiro atoms. The number of benzene rings is 2. The molecule has 10 heteroatoms. The van der Waals surface area contributed by atoms with E-state index in [-0.39, 0.29) is 16.9 Å². The predicted octanol–water partition coefficient (Wildman–Crippen LogP) is 5.07. The molecule has 1 atom stereocenters. The Morgan fingerprint density at radius 3 is 2.48 bits per heavy atom. The molecular weight excluding hydrogens is 466 g/mol. The second kappa shape index (κ2) is 9.64. The van der Waals surface area contributed by atoms with E-state index in [4.69, 9.17) is 27.9 Å². The van der Waals surface area contributed by atoms with Crippen LogP contribution >= 0.6 is 34.5 Å². The number of ether oxygens (including phenoxy) is 1. The van der Waals surface area contributed by atoms with Crippen LogP contribution in [-0.4, -0.2) is 22.3 Å². The Kier molecular flexibility index (Phi) is 7.15. The molecule has 0 bridgehead atoms. The van der Waals surface area contributed by atoms with Crippen LogP contribution in [0.2, 0.25) is 0 Å². The molecule has 0 aliphatic carbocycles. The summed E-state index contributed by atoms with van der Waals surface area (Å²) in [6, 6.07) is 14.2. The topological polar surface area (TPSA) is 84.5 Å². The Labute approximate surface area is 191 Å². The fourth-order valence-corrected chi connectivity index (χ4v) is 3.69. The Morgan fingerprint density at radius 1 is 1.10 bits per heavy atom. The molecule has 1 heterocycles. The lowest BCUT2D eigenvalue weighted by Gasteiger charge is -2.16. The van der Waals surface area contributed by atoms with Crippen molar-refractivity contribution in [1.29, 1.82) is 0 Å². The molecule has 1 unspecified atom stereocenters. The highest BCUT2D eigenvalue weighted by molar-refractivity contribution is 7.20. The second-order valence-corrected chi connectivity index (χ2v) is 8.96. The fourth-order valence-electron chi connectivity index (χ4n) is 2.56. The summed E-state index contributed by atoms with van der Waals surface area (Å²) in [7, 11) is 0. The SMILES string of the molecule is CCC(Cl)(Cl)OC(=O)c1cc2ccc(C(F)C(=O)NNC(=O)c3ccccc3)cc2s1. The normalized spacial score (nSPS) is 12.3. The Hall–Kier alpha value is -2.68. The minimum Gasteiger partial charge on any atom is -0.425 e. The largest absolute Gasteiger partial charge is 0.425 e. The number of hydrazine groups is 1. The number of hydrogen-bond acceptors (Lipinski definition) is 5. The van der Waals surface area contributed by atoms with Crippen molar-refractivity contribution in [2.75, 3.05) is 0 Å². The summed E-state index contributed by atoms with van der Waals surface area (Å²) in [5.41, 5.74) is 4.63. The summed E-state index contributed by atoms with van der Waals surface area (Å²) in [5, 5.41) is 0.664. The fraction of sp³-hybridized carbons (Fsp3) is 0.190. The van der Waals surface area contributed by atoms with Crippen LogP contribution in [0.1, 0.15) is 45.1 Å². The van der Waals surface area contributed by atoms with E-state index in [2.05, 4.69) is 10.9 Å². The third-order valence-corrected chi connectivity index (χ3v) is 6.02. The van der Waals surface area contributed by atoms with E-state index in [0.29, 0.717) is 15.6 Å². The zero-order valence-corrected chi connectivity index (χ0v) is 18.5. The van der Waals surface area contributed by atoms with E-state index in [0.717, 1.165) is 11.3 Å². The highest BCUT2D eigenvalue weighted by Crippen LogP contribution is 2.33. The summed E-state index contributed by atoms with van der Waals surface area (Å²) in [5.74, 6) is -2.30. The minimum atomic E-state index is -2.03. The molecule has 0 aliphatic heterocycles. The molecule has 0 radical (unpaired) electrons. The molecule has 0 aliphatic rings. The van der Waals surface area contributed by atoms with Crippen molar-refractivity contribution in [1.82, 2.24) is 10.9 Å². The van der Waals surface area contributed by atoms with Gasteiger partial charge in [0.2, 0.25) is 6.17 Å². The van der Waals surface area contributed by atoms with Crippen LogP contribution in [0.5, 0.6) is 0 Å². The minimum absolute atomic E-state index is 0.0679. The van der Waals surface area contributed by atoms with Gasteiger partial charge in [-0.1, -0.05) is 60.5 Å². The number of nitrogens with one attached hydrogen (secondary N) is 2. The lowest BCUT2D eigenvalue weighted by molar-refractivity contribution is -0.126. The Morgan fingerprint density at radius 2 is 1.81 bits per heavy atom. The van der Waals surface area contributed by atoms with Crippen LogP contribution in [-0.2, 0) is 9.53 Å². The molecular formula is C21H17Cl2FN2O4S. The van der Waals surface area contributed by atoms with Crippen LogP contribution in [0.4, 0.5) is 4.39 Å². The van der Waals surface area contributed by atoms with E-state index in [9.17, 15) is 18.8 Å². The zero-order valence-electron chi connectivity index (χ0n) is 16.2. The number of alkyl halides is 3. The van der Waals surface area contributed by atoms with Crippen LogP contribution in [0.15, 0.2) is 54.6 Å². The first-order valence-electron chi connectivity index (χ1n) is 9.14. The van der Waals surface area contributed by atoms with Gasteiger partial charge in [0.1, 0.15) is 4.88 Å². The first-order valence-corrected chi connectivity index (χ1v) is 10.7. The van der Waals surface area contributed by atoms with Crippen LogP contribution in [0, 0.1) is 0 Å². The standard InChI is InChI=1S/C21H17Cl2FN2O4S/c1-2-21(22,23)30-20(29)16-10-13-8-9-14(11-15(13)31-16)17(24)19(28)26-25-18(27)12-6-4-3-5-7-12/h3-11,17H,2H2,1H3,(H,25,27)(H,26,28). The third-order valence-electron chi connectivity index (χ3n) is 4.26. The number of esters is 1. The van der Waals surface area contributed by atoms with Gasteiger partial charge < -0.3 is 4.74 Å². The maximum atomic E-state index is 14.7. The van der Waals surface area contributed by atoms with Crippen molar-refractivity contribution >= 4 is 62.4 Å². The number of amides is 2. The molecule has 2 amide bonds. The second-order valence-electron chi connectivity index (χ2n) is 6.46. The monoisotopic (exact) mass is 482 g/mol. The summed E-state index contributed by atoms with van der Waals surface area (Å²) in [6.45, 7) is 1.67. The highest BCUT2D eigenvalue weighted by atomic mass is 35.5. The van der Waals surface area contributed by atoms with Crippen LogP contribution in [0.3, 0.4) is 0 Å². The maximum absolute atomic E-state index is 14.7. The molecule has 31 heavy (non-hydrogen) atoms. The number of carbonyl (C=O) groups is 3. The van der Waals surface area contributed by atoms with Crippen molar-refractivity contribution < 1.29 is 23.5 Å². The number of halogens is 3. The van der Waals surface area contributed by atoms with Crippen LogP contribution in [0.25, 0.3) is 10.1 Å². The molecule has 0 saturated heterocycles. The molecule has 3 rings (SSSR count). The van der Waals surface area contributed by atoms with Crippen molar-refractivity contribution in [2.45, 2.75) is 24.0 Å². The smallest absolute Gasteiger partial charge is 0.350 e. The average molecular weight is 483 g/mol. The lowest BCUT2D eigenvalue weighted by atomic mass is 10.1. The van der Waals surface area contributed by atoms with Gasteiger partial charge >= 0.3 is 5.97 Å². The first kappa shape index (κ1) is 23.0. The van der Waals surface area contributed by atoms with E-state index < -0.39 is 28.5 Å². The molecule has 2 aromatic carbocycles. The van der Waals surface area contributed by atoms with Gasteiger partial charge in [-0.05, 0) is 35.2 Å². The lowest BCUT2D eigenvalue weighted by Crippen LogP contribution is -2.43. The molecule has 3 aromatic rings. The van der Waals surface area contributed by atoms with E-state index in [1.807, 2.05) is 0 Å². The van der Waals surface area contributed by atoms with Gasteiger partial charge in [-0.25, -0.2) is 9.18 Å². The van der Waals surface area contributed by atoms with Gasteiger partial charge in [0.25, 0.3) is 16.3 Å². The van der Waals surface area contributed by atoms with Gasteiger partial charge in [-0.3, -0.25) is 20.4 Å². The number of thiophene rings is 1. The number of rotatable bonds is 6. The van der Waals surface area contributed by atoms with Gasteiger partial charge in [-0.2, -0.15) is 0 Å². The molecule has 0 saturated carbocycles. The van der Waals surface area contributed by atoms with Gasteiger partial charge in [0.15, 0.2) is 0 Å². The van der Waals surface area contributed by atoms with Gasteiger partial charge in [-0.15, -0.1) is 11.3 Å². The third kappa shape index (κ3) is 5.72. The van der Waals surface area contributed by atoms with E-state index >= 15 is 0 Å². The summed E-state index contributed by atoms with van der Waals surface area (Å²) in [4.78, 5) is 36.5. The van der Waals surface area contributed by atoms with Crippen molar-refractivity contribution in [2.24, 2.45) is 0 Å². The zero-order chi connectivity index (χ0) is 22.6.